The summed E-state index contributed by atoms with van der Waals surface area (Å²) >= 11 is 0. The van der Waals surface area contributed by atoms with Crippen LogP contribution in [0, 0.1) is 6.92 Å². The molecule has 25 heavy (non-hydrogen) atoms. The number of hydrogen-bond acceptors (Lipinski definition) is 4. The number of benzene rings is 2. The van der Waals surface area contributed by atoms with Crippen LogP contribution in [0.5, 0.6) is 0 Å². The first-order valence-corrected chi connectivity index (χ1v) is 7.95. The van der Waals surface area contributed by atoms with Gasteiger partial charge in [0, 0.05) is 12.2 Å². The Labute approximate surface area is 146 Å². The number of nitrogens with one attached hydrogen (secondary N) is 3. The van der Waals surface area contributed by atoms with E-state index in [2.05, 4.69) is 51.3 Å². The minimum Gasteiger partial charge on any atom is -0.365 e. The van der Waals surface area contributed by atoms with E-state index in [9.17, 15) is 4.79 Å². The lowest BCUT2D eigenvalue weighted by atomic mass is 10.1. The zero-order valence-corrected chi connectivity index (χ0v) is 13.9. The summed E-state index contributed by atoms with van der Waals surface area (Å²) < 4.78 is 0. The molecule has 0 fully saturated rings. The molecule has 0 unspecified atom stereocenters. The summed E-state index contributed by atoms with van der Waals surface area (Å²) in [5.74, 6) is 1.03. The maximum atomic E-state index is 11.9. The van der Waals surface area contributed by atoms with Crippen LogP contribution in [-0.2, 0) is 6.54 Å². The van der Waals surface area contributed by atoms with Gasteiger partial charge >= 0.3 is 6.03 Å². The molecule has 1 heterocycles. The van der Waals surface area contributed by atoms with Crippen molar-refractivity contribution in [2.45, 2.75) is 13.5 Å². The van der Waals surface area contributed by atoms with Gasteiger partial charge in [0.2, 0.25) is 0 Å². The van der Waals surface area contributed by atoms with Gasteiger partial charge in [-0.1, -0.05) is 48.0 Å². The Hall–Kier alpha value is -3.41. The zero-order chi connectivity index (χ0) is 17.5. The van der Waals surface area contributed by atoms with Gasteiger partial charge in [-0.2, -0.15) is 0 Å². The molecule has 126 valence electrons. The Morgan fingerprint density at radius 1 is 0.880 bits per heavy atom. The molecule has 0 bridgehead atoms. The molecule has 0 radical (unpaired) electrons. The van der Waals surface area contributed by atoms with Gasteiger partial charge < -0.3 is 10.6 Å². The highest BCUT2D eigenvalue weighted by atomic mass is 16.2. The molecule has 0 atom stereocenters. The molecule has 6 nitrogen and oxygen atoms in total. The first-order chi connectivity index (χ1) is 12.2. The van der Waals surface area contributed by atoms with Crippen molar-refractivity contribution in [2.24, 2.45) is 0 Å². The van der Waals surface area contributed by atoms with E-state index in [0.29, 0.717) is 23.9 Å². The minimum absolute atomic E-state index is 0.360. The lowest BCUT2D eigenvalue weighted by molar-refractivity contribution is 0.262. The van der Waals surface area contributed by atoms with Crippen molar-refractivity contribution < 1.29 is 4.79 Å². The van der Waals surface area contributed by atoms with Gasteiger partial charge in [0.1, 0.15) is 5.82 Å². The second-order valence-corrected chi connectivity index (χ2v) is 5.59. The van der Waals surface area contributed by atoms with E-state index in [1.165, 1.54) is 11.1 Å². The molecule has 0 saturated carbocycles. The van der Waals surface area contributed by atoms with Crippen LogP contribution < -0.4 is 16.0 Å². The SMILES string of the molecule is Cc1cccc(CNc2ccc(NC(=O)Nc3ccccc3)nn2)c1. The second-order valence-electron chi connectivity index (χ2n) is 5.59. The van der Waals surface area contributed by atoms with Gasteiger partial charge in [-0.3, -0.25) is 5.32 Å². The zero-order valence-electron chi connectivity index (χ0n) is 13.9. The Morgan fingerprint density at radius 2 is 1.64 bits per heavy atom. The number of urea groups is 1. The molecule has 0 aliphatic rings. The Balaban J connectivity index is 1.52. The third kappa shape index (κ3) is 5.04. The molecule has 0 aliphatic heterocycles. The Morgan fingerprint density at radius 3 is 2.36 bits per heavy atom. The van der Waals surface area contributed by atoms with Gasteiger partial charge in [0.15, 0.2) is 5.82 Å². The van der Waals surface area contributed by atoms with Crippen molar-refractivity contribution >= 4 is 23.4 Å². The monoisotopic (exact) mass is 333 g/mol. The number of hydrogen-bond donors (Lipinski definition) is 3. The standard InChI is InChI=1S/C19H19N5O/c1-14-6-5-7-15(12-14)13-20-17-10-11-18(24-23-17)22-19(25)21-16-8-3-2-4-9-16/h2-12H,13H2,1H3,(H,20,23)(H2,21,22,24,25). The lowest BCUT2D eigenvalue weighted by Crippen LogP contribution is -2.20. The predicted molar refractivity (Wildman–Crippen MR) is 99.6 cm³/mol. The number of nitrogens with zero attached hydrogens (tertiary/aromatic N) is 2. The fraction of sp³-hybridized carbons (Fsp3) is 0.105. The van der Waals surface area contributed by atoms with Crippen molar-refractivity contribution in [3.8, 4) is 0 Å². The molecular formula is C19H19N5O. The average molecular weight is 333 g/mol. The van der Waals surface area contributed by atoms with E-state index in [1.54, 1.807) is 12.1 Å². The summed E-state index contributed by atoms with van der Waals surface area (Å²) in [5, 5.41) is 16.7. The van der Waals surface area contributed by atoms with Crippen LogP contribution in [0.1, 0.15) is 11.1 Å². The van der Waals surface area contributed by atoms with Crippen molar-refractivity contribution in [3.05, 3.63) is 77.9 Å². The van der Waals surface area contributed by atoms with E-state index >= 15 is 0 Å². The summed E-state index contributed by atoms with van der Waals surface area (Å²) in [6.07, 6.45) is 0. The molecular weight excluding hydrogens is 314 g/mol. The first-order valence-electron chi connectivity index (χ1n) is 7.95. The van der Waals surface area contributed by atoms with Crippen LogP contribution in [0.2, 0.25) is 0 Å². The number of anilines is 3. The third-order valence-electron chi connectivity index (χ3n) is 3.49. The summed E-state index contributed by atoms with van der Waals surface area (Å²) in [6.45, 7) is 2.72. The summed E-state index contributed by atoms with van der Waals surface area (Å²) in [7, 11) is 0. The number of carbonyl (C=O) groups excluding carboxylic acids is 1. The number of carbonyl (C=O) groups is 1. The van der Waals surface area contributed by atoms with Gasteiger partial charge in [0.05, 0.1) is 0 Å². The van der Waals surface area contributed by atoms with Crippen LogP contribution in [0.15, 0.2) is 66.7 Å². The summed E-state index contributed by atoms with van der Waals surface area (Å²) in [5.41, 5.74) is 3.10. The molecule has 1 aromatic heterocycles. The Kier molecular flexibility index (Phi) is 5.21. The molecule has 3 aromatic rings. The van der Waals surface area contributed by atoms with Crippen LogP contribution in [0.4, 0.5) is 22.1 Å². The van der Waals surface area contributed by atoms with Crippen molar-refractivity contribution in [3.63, 3.8) is 0 Å². The maximum Gasteiger partial charge on any atom is 0.324 e. The summed E-state index contributed by atoms with van der Waals surface area (Å²) in [4.78, 5) is 11.9. The minimum atomic E-state index is -0.360. The second kappa shape index (κ2) is 7.92. The molecule has 0 saturated heterocycles. The lowest BCUT2D eigenvalue weighted by Gasteiger charge is -2.08. The normalized spacial score (nSPS) is 10.1. The highest BCUT2D eigenvalue weighted by Crippen LogP contribution is 2.10. The Bertz CT molecular complexity index is 834. The maximum absolute atomic E-state index is 11.9. The molecule has 3 N–H and O–H groups in total. The first kappa shape index (κ1) is 16.4. The van der Waals surface area contributed by atoms with Gasteiger partial charge in [-0.05, 0) is 36.8 Å². The van der Waals surface area contributed by atoms with Gasteiger partial charge in [0.25, 0.3) is 0 Å². The van der Waals surface area contributed by atoms with Crippen LogP contribution >= 0.6 is 0 Å². The van der Waals surface area contributed by atoms with Crippen molar-refractivity contribution in [2.75, 3.05) is 16.0 Å². The predicted octanol–water partition coefficient (Wildman–Crippen LogP) is 4.04. The third-order valence-corrected chi connectivity index (χ3v) is 3.49. The van der Waals surface area contributed by atoms with Gasteiger partial charge in [-0.15, -0.1) is 10.2 Å². The number of para-hydroxylation sites is 1. The fourth-order valence-electron chi connectivity index (χ4n) is 2.31. The van der Waals surface area contributed by atoms with Crippen molar-refractivity contribution in [1.82, 2.24) is 10.2 Å². The fourth-order valence-corrected chi connectivity index (χ4v) is 2.31. The van der Waals surface area contributed by atoms with Crippen LogP contribution in [-0.4, -0.2) is 16.2 Å². The quantitative estimate of drug-likeness (QED) is 0.658. The van der Waals surface area contributed by atoms with E-state index in [-0.39, 0.29) is 6.03 Å². The molecule has 0 spiro atoms. The van der Waals surface area contributed by atoms with Crippen LogP contribution in [0.3, 0.4) is 0 Å². The topological polar surface area (TPSA) is 78.9 Å². The average Bonchev–Trinajstić information content (AvgIpc) is 2.62. The molecule has 6 heteroatoms. The highest BCUT2D eigenvalue weighted by Gasteiger charge is 2.04. The van der Waals surface area contributed by atoms with E-state index in [4.69, 9.17) is 0 Å². The highest BCUT2D eigenvalue weighted by molar-refractivity contribution is 5.99. The molecule has 3 rings (SSSR count). The smallest absolute Gasteiger partial charge is 0.324 e. The van der Waals surface area contributed by atoms with Crippen LogP contribution in [0.25, 0.3) is 0 Å². The number of aryl methyl sites for hydroxylation is 1. The van der Waals surface area contributed by atoms with Crippen molar-refractivity contribution in [1.29, 1.82) is 0 Å². The van der Waals surface area contributed by atoms with E-state index in [0.717, 1.165) is 0 Å². The van der Waals surface area contributed by atoms with E-state index in [1.807, 2.05) is 36.4 Å². The molecule has 2 amide bonds. The number of amides is 2. The van der Waals surface area contributed by atoms with Gasteiger partial charge in [-0.25, -0.2) is 4.79 Å². The molecule has 2 aromatic carbocycles. The van der Waals surface area contributed by atoms with E-state index < -0.39 is 0 Å². The largest absolute Gasteiger partial charge is 0.365 e. The number of rotatable bonds is 5. The summed E-state index contributed by atoms with van der Waals surface area (Å²) in [6, 6.07) is 20.6. The number of aromatic nitrogens is 2. The molecule has 0 aliphatic carbocycles.